The molecule has 4 aromatic rings. The van der Waals surface area contributed by atoms with Crippen molar-refractivity contribution in [2.24, 2.45) is 7.05 Å². The zero-order valence-corrected chi connectivity index (χ0v) is 19.8. The molecule has 0 saturated heterocycles. The molecule has 0 radical (unpaired) electrons. The number of rotatable bonds is 6. The summed E-state index contributed by atoms with van der Waals surface area (Å²) < 4.78 is 30.0. The number of hydrogen-bond acceptors (Lipinski definition) is 4. The Balaban J connectivity index is 1.73. The average Bonchev–Trinajstić information content (AvgIpc) is 3.43. The summed E-state index contributed by atoms with van der Waals surface area (Å²) in [5, 5.41) is 1.04. The van der Waals surface area contributed by atoms with E-state index in [4.69, 9.17) is 0 Å². The molecule has 0 bridgehead atoms. The van der Waals surface area contributed by atoms with Crippen molar-refractivity contribution in [1.29, 1.82) is 0 Å². The quantitative estimate of drug-likeness (QED) is 0.400. The van der Waals surface area contributed by atoms with Crippen LogP contribution in [-0.2, 0) is 23.4 Å². The average molecular weight is 503 g/mol. The van der Waals surface area contributed by atoms with Gasteiger partial charge in [0.25, 0.3) is 0 Å². The number of hydrogen-bond donors (Lipinski definition) is 0. The van der Waals surface area contributed by atoms with Crippen molar-refractivity contribution in [3.8, 4) is 11.4 Å². The third-order valence-electron chi connectivity index (χ3n) is 5.91. The largest absolute Gasteiger partial charge is 0.339 e. The van der Waals surface area contributed by atoms with Gasteiger partial charge < -0.3 is 4.57 Å². The predicted molar refractivity (Wildman–Crippen MR) is 126 cm³/mol. The van der Waals surface area contributed by atoms with Gasteiger partial charge in [0, 0.05) is 47.5 Å². The maximum Gasteiger partial charge on any atom is 0.329 e. The molecular weight excluding hydrogens is 480 g/mol. The molecule has 5 rings (SSSR count). The number of imidazole rings is 1. The van der Waals surface area contributed by atoms with E-state index in [9.17, 15) is 13.2 Å². The summed E-state index contributed by atoms with van der Waals surface area (Å²) in [4.78, 5) is 17.6. The minimum atomic E-state index is -3.05. The van der Waals surface area contributed by atoms with Crippen LogP contribution in [0.15, 0.2) is 45.8 Å². The van der Waals surface area contributed by atoms with Crippen molar-refractivity contribution >= 4 is 47.7 Å². The standard InChI is InChI=1S/C22H23BrN4O3S/c1-25-21-18(27(22(25)28)16-5-6-16)8-9-24-20(21)19-13-14-12-15(23)4-7-17(14)26(19)10-3-11-31(2,29)30/h4,7-9,12-13,16H,3,5-6,10-11H2,1-2H3. The lowest BCUT2D eigenvalue weighted by atomic mass is 10.2. The second kappa shape index (κ2) is 7.34. The summed E-state index contributed by atoms with van der Waals surface area (Å²) in [5.41, 5.74) is 4.32. The summed E-state index contributed by atoms with van der Waals surface area (Å²) >= 11 is 3.54. The van der Waals surface area contributed by atoms with Crippen LogP contribution in [0, 0.1) is 0 Å². The Kier molecular flexibility index (Phi) is 4.86. The Hall–Kier alpha value is -2.39. The van der Waals surface area contributed by atoms with Crippen molar-refractivity contribution in [3.63, 3.8) is 0 Å². The van der Waals surface area contributed by atoms with Crippen LogP contribution >= 0.6 is 15.9 Å². The molecule has 1 aliphatic rings. The molecule has 0 amide bonds. The molecule has 0 spiro atoms. The van der Waals surface area contributed by atoms with Crippen LogP contribution in [0.2, 0.25) is 0 Å². The van der Waals surface area contributed by atoms with E-state index in [1.807, 2.05) is 28.8 Å². The van der Waals surface area contributed by atoms with Gasteiger partial charge in [0.2, 0.25) is 0 Å². The molecule has 0 N–H and O–H groups in total. The summed E-state index contributed by atoms with van der Waals surface area (Å²) in [7, 11) is -1.25. The number of pyridine rings is 1. The van der Waals surface area contributed by atoms with E-state index in [1.165, 1.54) is 6.26 Å². The fraction of sp³-hybridized carbons (Fsp3) is 0.364. The van der Waals surface area contributed by atoms with E-state index in [2.05, 4.69) is 31.5 Å². The van der Waals surface area contributed by atoms with E-state index in [-0.39, 0.29) is 17.5 Å². The van der Waals surface area contributed by atoms with E-state index in [0.717, 1.165) is 50.6 Å². The molecule has 1 aromatic carbocycles. The minimum Gasteiger partial charge on any atom is -0.339 e. The third kappa shape index (κ3) is 3.63. The second-order valence-electron chi connectivity index (χ2n) is 8.34. The van der Waals surface area contributed by atoms with Gasteiger partial charge in [-0.25, -0.2) is 13.2 Å². The Labute approximate surface area is 188 Å². The van der Waals surface area contributed by atoms with Gasteiger partial charge in [-0.05, 0) is 49.6 Å². The first kappa shape index (κ1) is 20.5. The molecule has 162 valence electrons. The Morgan fingerprint density at radius 2 is 1.94 bits per heavy atom. The van der Waals surface area contributed by atoms with E-state index < -0.39 is 9.84 Å². The van der Waals surface area contributed by atoms with Crippen LogP contribution in [0.25, 0.3) is 33.3 Å². The first-order valence-electron chi connectivity index (χ1n) is 10.3. The van der Waals surface area contributed by atoms with Gasteiger partial charge in [0.05, 0.1) is 22.5 Å². The van der Waals surface area contributed by atoms with Gasteiger partial charge in [0.15, 0.2) is 0 Å². The van der Waals surface area contributed by atoms with Crippen LogP contribution < -0.4 is 5.69 Å². The van der Waals surface area contributed by atoms with Crippen molar-refractivity contribution in [3.05, 3.63) is 51.5 Å². The Bertz CT molecular complexity index is 1490. The van der Waals surface area contributed by atoms with Crippen LogP contribution in [0.5, 0.6) is 0 Å². The maximum atomic E-state index is 13.0. The molecule has 3 heterocycles. The second-order valence-corrected chi connectivity index (χ2v) is 11.5. The van der Waals surface area contributed by atoms with Crippen LogP contribution in [0.3, 0.4) is 0 Å². The summed E-state index contributed by atoms with van der Waals surface area (Å²) in [6, 6.07) is 10.3. The van der Waals surface area contributed by atoms with Crippen LogP contribution in [-0.4, -0.2) is 39.1 Å². The van der Waals surface area contributed by atoms with Crippen LogP contribution in [0.4, 0.5) is 0 Å². The summed E-state index contributed by atoms with van der Waals surface area (Å²) in [5.74, 6) is 0.122. The fourth-order valence-corrected chi connectivity index (χ4v) is 5.40. The maximum absolute atomic E-state index is 13.0. The van der Waals surface area contributed by atoms with Crippen molar-refractivity contribution in [2.45, 2.75) is 31.8 Å². The fourth-order valence-electron chi connectivity index (χ4n) is 4.37. The SMILES string of the molecule is Cn1c(=O)n(C2CC2)c2ccnc(-c3cc4cc(Br)ccc4n3CCCS(C)(=O)=O)c21. The van der Waals surface area contributed by atoms with E-state index >= 15 is 0 Å². The number of nitrogens with zero attached hydrogens (tertiary/aromatic N) is 4. The highest BCUT2D eigenvalue weighted by atomic mass is 79.9. The first-order chi connectivity index (χ1) is 14.7. The molecule has 1 fully saturated rings. The van der Waals surface area contributed by atoms with Gasteiger partial charge in [-0.1, -0.05) is 15.9 Å². The predicted octanol–water partition coefficient (Wildman–Crippen LogP) is 3.89. The third-order valence-corrected chi connectivity index (χ3v) is 7.43. The zero-order valence-electron chi connectivity index (χ0n) is 17.4. The van der Waals surface area contributed by atoms with Gasteiger partial charge in [-0.3, -0.25) is 14.1 Å². The number of sulfone groups is 1. The molecule has 3 aromatic heterocycles. The van der Waals surface area contributed by atoms with Gasteiger partial charge in [-0.2, -0.15) is 0 Å². The number of halogens is 1. The minimum absolute atomic E-state index is 0.0192. The molecule has 31 heavy (non-hydrogen) atoms. The molecule has 0 unspecified atom stereocenters. The molecule has 1 saturated carbocycles. The first-order valence-corrected chi connectivity index (χ1v) is 13.1. The molecule has 1 aliphatic carbocycles. The highest BCUT2D eigenvalue weighted by Crippen LogP contribution is 2.38. The monoisotopic (exact) mass is 502 g/mol. The number of aromatic nitrogens is 4. The number of fused-ring (bicyclic) bond motifs is 2. The highest BCUT2D eigenvalue weighted by Gasteiger charge is 2.29. The van der Waals surface area contributed by atoms with Crippen LogP contribution in [0.1, 0.15) is 25.3 Å². The number of benzene rings is 1. The summed E-state index contributed by atoms with van der Waals surface area (Å²) in [6.07, 6.45) is 5.57. The van der Waals surface area contributed by atoms with Crippen molar-refractivity contribution < 1.29 is 8.42 Å². The molecule has 0 atom stereocenters. The van der Waals surface area contributed by atoms with Crippen molar-refractivity contribution in [2.75, 3.05) is 12.0 Å². The number of aryl methyl sites for hydroxylation is 2. The van der Waals surface area contributed by atoms with Gasteiger partial charge in [-0.15, -0.1) is 0 Å². The highest BCUT2D eigenvalue weighted by molar-refractivity contribution is 9.10. The molecule has 7 nitrogen and oxygen atoms in total. The van der Waals surface area contributed by atoms with Gasteiger partial charge in [0.1, 0.15) is 15.5 Å². The normalized spacial score (nSPS) is 14.7. The van der Waals surface area contributed by atoms with Gasteiger partial charge >= 0.3 is 5.69 Å². The van der Waals surface area contributed by atoms with E-state index in [0.29, 0.717) is 13.0 Å². The zero-order chi connectivity index (χ0) is 21.9. The lowest BCUT2D eigenvalue weighted by molar-refractivity contribution is 0.594. The Morgan fingerprint density at radius 3 is 2.65 bits per heavy atom. The van der Waals surface area contributed by atoms with E-state index in [1.54, 1.807) is 17.8 Å². The molecule has 0 aliphatic heterocycles. The Morgan fingerprint density at radius 1 is 1.16 bits per heavy atom. The molecule has 9 heteroatoms. The lowest BCUT2D eigenvalue weighted by Crippen LogP contribution is -2.21. The summed E-state index contributed by atoms with van der Waals surface area (Å²) in [6.45, 7) is 0.545. The molecular formula is C22H23BrN4O3S. The van der Waals surface area contributed by atoms with Crippen molar-refractivity contribution in [1.82, 2.24) is 18.7 Å². The smallest absolute Gasteiger partial charge is 0.329 e. The topological polar surface area (TPSA) is 78.9 Å². The lowest BCUT2D eigenvalue weighted by Gasteiger charge is -2.12.